The van der Waals surface area contributed by atoms with Crippen molar-refractivity contribution < 1.29 is 8.42 Å². The number of benzene rings is 2. The minimum absolute atomic E-state index is 0.304. The highest BCUT2D eigenvalue weighted by atomic mass is 32.2. The van der Waals surface area contributed by atoms with Crippen LogP contribution in [0, 0.1) is 0 Å². The van der Waals surface area contributed by atoms with Crippen LogP contribution in [0.25, 0.3) is 22.2 Å². The molecule has 154 valence electrons. The minimum Gasteiger partial charge on any atom is -0.382 e. The maximum Gasteiger partial charge on any atom is 0.180 e. The van der Waals surface area contributed by atoms with Gasteiger partial charge in [-0.05, 0) is 50.5 Å². The van der Waals surface area contributed by atoms with Crippen molar-refractivity contribution in [3.05, 3.63) is 66.1 Å². The van der Waals surface area contributed by atoms with Gasteiger partial charge in [0, 0.05) is 10.9 Å². The Bertz CT molecular complexity index is 1290. The molecule has 0 aliphatic rings. The second-order valence-electron chi connectivity index (χ2n) is 7.45. The maximum atomic E-state index is 12.3. The number of nitrogens with zero attached hydrogens (tertiary/aromatic N) is 3. The number of aromatic nitrogens is 4. The zero-order valence-corrected chi connectivity index (χ0v) is 17.6. The first-order valence-electron chi connectivity index (χ1n) is 9.73. The van der Waals surface area contributed by atoms with Crippen LogP contribution >= 0.6 is 0 Å². The summed E-state index contributed by atoms with van der Waals surface area (Å²) in [7, 11) is -3.31. The number of sulfone groups is 1. The molecule has 0 radical (unpaired) electrons. The normalized spacial score (nSPS) is 12.0. The smallest absolute Gasteiger partial charge is 0.180 e. The summed E-state index contributed by atoms with van der Waals surface area (Å²) in [5, 5.41) is 7.70. The maximum absolute atomic E-state index is 12.3. The zero-order chi connectivity index (χ0) is 21.3. The summed E-state index contributed by atoms with van der Waals surface area (Å²) >= 11 is 0. The number of hydrogen-bond acceptors (Lipinski definition) is 6. The van der Waals surface area contributed by atoms with E-state index in [1.165, 1.54) is 0 Å². The van der Waals surface area contributed by atoms with Crippen LogP contribution in [0.1, 0.15) is 25.1 Å². The van der Waals surface area contributed by atoms with Gasteiger partial charge in [-0.3, -0.25) is 5.10 Å². The molecule has 7 nitrogen and oxygen atoms in total. The highest BCUT2D eigenvalue weighted by Crippen LogP contribution is 2.24. The minimum atomic E-state index is -3.31. The Morgan fingerprint density at radius 3 is 2.53 bits per heavy atom. The van der Waals surface area contributed by atoms with Crippen molar-refractivity contribution >= 4 is 26.6 Å². The molecule has 0 saturated heterocycles. The van der Waals surface area contributed by atoms with E-state index in [-0.39, 0.29) is 0 Å². The van der Waals surface area contributed by atoms with Crippen molar-refractivity contribution in [1.82, 2.24) is 20.2 Å². The molecule has 4 rings (SSSR count). The van der Waals surface area contributed by atoms with Gasteiger partial charge in [-0.25, -0.2) is 18.4 Å². The van der Waals surface area contributed by atoms with Gasteiger partial charge in [0.05, 0.1) is 39.4 Å². The van der Waals surface area contributed by atoms with Gasteiger partial charge < -0.3 is 5.73 Å². The highest BCUT2D eigenvalue weighted by molar-refractivity contribution is 7.92. The third-order valence-electron chi connectivity index (χ3n) is 5.18. The number of nitrogens with one attached hydrogen (secondary N) is 1. The third-order valence-corrected chi connectivity index (χ3v) is 7.35. The van der Waals surface area contributed by atoms with Crippen molar-refractivity contribution in [3.8, 4) is 11.3 Å². The molecule has 0 amide bonds. The van der Waals surface area contributed by atoms with E-state index in [9.17, 15) is 8.42 Å². The number of aromatic amines is 1. The summed E-state index contributed by atoms with van der Waals surface area (Å²) in [6, 6.07) is 12.8. The highest BCUT2D eigenvalue weighted by Gasteiger charge is 2.19. The van der Waals surface area contributed by atoms with Gasteiger partial charge in [0.25, 0.3) is 0 Å². The predicted octanol–water partition coefficient (Wildman–Crippen LogP) is 3.57. The Labute approximate surface area is 175 Å². The molecule has 0 aliphatic carbocycles. The predicted molar refractivity (Wildman–Crippen MR) is 118 cm³/mol. The van der Waals surface area contributed by atoms with E-state index in [1.807, 2.05) is 18.3 Å². The number of nitrogens with two attached hydrogens (primary N) is 1. The van der Waals surface area contributed by atoms with E-state index in [0.29, 0.717) is 28.5 Å². The Kier molecular flexibility index (Phi) is 5.26. The van der Waals surface area contributed by atoms with Crippen molar-refractivity contribution in [2.75, 3.05) is 5.73 Å². The number of rotatable bonds is 6. The fraction of sp³-hybridized carbons (Fsp3) is 0.227. The van der Waals surface area contributed by atoms with E-state index in [2.05, 4.69) is 21.2 Å². The molecular formula is C22H23N5O2S. The van der Waals surface area contributed by atoms with Crippen LogP contribution in [0.3, 0.4) is 0 Å². The Hall–Kier alpha value is -3.26. The molecule has 0 atom stereocenters. The van der Waals surface area contributed by atoms with E-state index < -0.39 is 15.1 Å². The van der Waals surface area contributed by atoms with Crippen molar-refractivity contribution in [3.63, 3.8) is 0 Å². The number of nitrogen functional groups attached to an aromatic ring is 1. The second-order valence-corrected chi connectivity index (χ2v) is 9.96. The molecule has 3 N–H and O–H groups in total. The standard InChI is InChI=1S/C22H23N5O2S/c1-14(2)30(28,29)17-9-6-16(7-10-17)21-13-24-22(23)20(26-21)11-8-15-4-3-5-19-18(15)12-25-27-19/h3-7,9-10,12-14H,8,11H2,1-2H3,(H2,23,24)(H,25,27). The third kappa shape index (κ3) is 3.78. The first kappa shape index (κ1) is 20.0. The first-order valence-corrected chi connectivity index (χ1v) is 11.3. The molecule has 2 aromatic carbocycles. The summed E-state index contributed by atoms with van der Waals surface area (Å²) in [6.07, 6.45) is 4.83. The molecule has 2 aromatic heterocycles. The molecule has 8 heteroatoms. The number of fused-ring (bicyclic) bond motifs is 1. The zero-order valence-electron chi connectivity index (χ0n) is 16.8. The molecule has 2 heterocycles. The quantitative estimate of drug-likeness (QED) is 0.492. The van der Waals surface area contributed by atoms with Gasteiger partial charge in [0.2, 0.25) is 0 Å². The van der Waals surface area contributed by atoms with E-state index in [4.69, 9.17) is 10.7 Å². The number of anilines is 1. The SMILES string of the molecule is CC(C)S(=O)(=O)c1ccc(-c2cnc(N)c(CCc3cccc4[nH]ncc34)n2)cc1. The van der Waals surface area contributed by atoms with Crippen LogP contribution in [0.5, 0.6) is 0 Å². The lowest BCUT2D eigenvalue weighted by molar-refractivity contribution is 0.587. The molecule has 0 bridgehead atoms. The fourth-order valence-corrected chi connectivity index (χ4v) is 4.41. The van der Waals surface area contributed by atoms with Gasteiger partial charge in [0.1, 0.15) is 5.82 Å². The Morgan fingerprint density at radius 1 is 1.03 bits per heavy atom. The van der Waals surface area contributed by atoms with Gasteiger partial charge in [-0.15, -0.1) is 0 Å². The summed E-state index contributed by atoms with van der Waals surface area (Å²) in [4.78, 5) is 9.29. The second kappa shape index (κ2) is 7.87. The average Bonchev–Trinajstić information content (AvgIpc) is 3.23. The van der Waals surface area contributed by atoms with Crippen LogP contribution in [0.2, 0.25) is 0 Å². The molecule has 4 aromatic rings. The van der Waals surface area contributed by atoms with E-state index in [1.54, 1.807) is 44.3 Å². The Morgan fingerprint density at radius 2 is 1.80 bits per heavy atom. The average molecular weight is 422 g/mol. The molecule has 0 saturated carbocycles. The topological polar surface area (TPSA) is 115 Å². The van der Waals surface area contributed by atoms with Crippen molar-refractivity contribution in [2.24, 2.45) is 0 Å². The van der Waals surface area contributed by atoms with Crippen molar-refractivity contribution in [1.29, 1.82) is 0 Å². The lowest BCUT2D eigenvalue weighted by atomic mass is 10.0. The number of H-pyrrole nitrogens is 1. The van der Waals surface area contributed by atoms with Crippen LogP contribution in [-0.4, -0.2) is 33.8 Å². The number of hydrogen-bond donors (Lipinski definition) is 2. The summed E-state index contributed by atoms with van der Waals surface area (Å²) in [5.74, 6) is 0.400. The lowest BCUT2D eigenvalue weighted by Crippen LogP contribution is -2.13. The molecule has 0 unspecified atom stereocenters. The molecule has 0 spiro atoms. The van der Waals surface area contributed by atoms with Gasteiger partial charge in [-0.1, -0.05) is 24.3 Å². The first-order chi connectivity index (χ1) is 14.4. The van der Waals surface area contributed by atoms with Crippen LogP contribution in [0.4, 0.5) is 5.82 Å². The van der Waals surface area contributed by atoms with Gasteiger partial charge in [-0.2, -0.15) is 5.10 Å². The molecular weight excluding hydrogens is 398 g/mol. The molecule has 0 aliphatic heterocycles. The summed E-state index contributed by atoms with van der Waals surface area (Å²) in [5.41, 5.74) is 10.4. The number of aryl methyl sites for hydroxylation is 2. The fourth-order valence-electron chi connectivity index (χ4n) is 3.35. The largest absolute Gasteiger partial charge is 0.382 e. The van der Waals surface area contributed by atoms with E-state index >= 15 is 0 Å². The van der Waals surface area contributed by atoms with Crippen molar-refractivity contribution in [2.45, 2.75) is 36.8 Å². The van der Waals surface area contributed by atoms with Gasteiger partial charge in [0.15, 0.2) is 9.84 Å². The molecule has 0 fully saturated rings. The van der Waals surface area contributed by atoms with E-state index in [0.717, 1.165) is 28.5 Å². The van der Waals surface area contributed by atoms with Crippen LogP contribution in [-0.2, 0) is 22.7 Å². The molecule has 30 heavy (non-hydrogen) atoms. The van der Waals surface area contributed by atoms with Crippen LogP contribution < -0.4 is 5.73 Å². The summed E-state index contributed by atoms with van der Waals surface area (Å²) < 4.78 is 24.6. The van der Waals surface area contributed by atoms with Gasteiger partial charge >= 0.3 is 0 Å². The lowest BCUT2D eigenvalue weighted by Gasteiger charge is -2.10. The summed E-state index contributed by atoms with van der Waals surface area (Å²) in [6.45, 7) is 3.34. The van der Waals surface area contributed by atoms with Crippen LogP contribution in [0.15, 0.2) is 59.8 Å². The Balaban J connectivity index is 1.58. The monoisotopic (exact) mass is 421 g/mol.